The number of benzene rings is 1. The van der Waals surface area contributed by atoms with Gasteiger partial charge in [0.15, 0.2) is 0 Å². The minimum atomic E-state index is 0.0114. The highest BCUT2D eigenvalue weighted by Crippen LogP contribution is 2.25. The van der Waals surface area contributed by atoms with Crippen LogP contribution in [-0.4, -0.2) is 27.9 Å². The highest BCUT2D eigenvalue weighted by Gasteiger charge is 2.24. The number of amides is 1. The van der Waals surface area contributed by atoms with Crippen LogP contribution in [0.15, 0.2) is 54.9 Å². The summed E-state index contributed by atoms with van der Waals surface area (Å²) in [6, 6.07) is 13.3. The van der Waals surface area contributed by atoms with Gasteiger partial charge in [0.1, 0.15) is 5.75 Å². The second-order valence-electron chi connectivity index (χ2n) is 6.53. The van der Waals surface area contributed by atoms with Gasteiger partial charge >= 0.3 is 0 Å². The molecule has 4 rings (SSSR count). The van der Waals surface area contributed by atoms with Crippen LogP contribution in [0.5, 0.6) is 5.75 Å². The number of nitrogen functional groups attached to an aromatic ring is 1. The summed E-state index contributed by atoms with van der Waals surface area (Å²) >= 11 is 0. The van der Waals surface area contributed by atoms with E-state index in [1.165, 1.54) is 0 Å². The van der Waals surface area contributed by atoms with Gasteiger partial charge in [0.05, 0.1) is 30.6 Å². The summed E-state index contributed by atoms with van der Waals surface area (Å²) in [4.78, 5) is 23.3. The van der Waals surface area contributed by atoms with Crippen LogP contribution in [0.4, 0.5) is 5.69 Å². The Balaban J connectivity index is 1.52. The van der Waals surface area contributed by atoms with Crippen molar-refractivity contribution in [3.8, 4) is 17.0 Å². The van der Waals surface area contributed by atoms with Crippen LogP contribution < -0.4 is 10.5 Å². The molecule has 136 valence electrons. The molecule has 1 aliphatic heterocycles. The number of fused-ring (bicyclic) bond motifs is 1. The van der Waals surface area contributed by atoms with Gasteiger partial charge in [-0.25, -0.2) is 0 Å². The summed E-state index contributed by atoms with van der Waals surface area (Å²) in [6.45, 7) is 1.19. The Hall–Kier alpha value is -3.41. The molecule has 1 aliphatic rings. The molecule has 0 saturated heterocycles. The molecule has 3 heterocycles. The zero-order valence-electron chi connectivity index (χ0n) is 15.1. The first-order chi connectivity index (χ1) is 13.1. The number of pyridine rings is 2. The molecule has 6 heteroatoms. The van der Waals surface area contributed by atoms with E-state index in [-0.39, 0.29) is 12.3 Å². The summed E-state index contributed by atoms with van der Waals surface area (Å²) < 4.78 is 5.19. The van der Waals surface area contributed by atoms with Gasteiger partial charge in [-0.3, -0.25) is 14.8 Å². The van der Waals surface area contributed by atoms with E-state index in [4.69, 9.17) is 10.5 Å². The lowest BCUT2D eigenvalue weighted by atomic mass is 10.1. The number of rotatable bonds is 4. The average Bonchev–Trinajstić information content (AvgIpc) is 3.14. The molecule has 0 radical (unpaired) electrons. The van der Waals surface area contributed by atoms with Gasteiger partial charge in [0, 0.05) is 31.0 Å². The third kappa shape index (κ3) is 3.46. The normalized spacial score (nSPS) is 12.7. The number of carbonyl (C=O) groups is 1. The topological polar surface area (TPSA) is 81.3 Å². The number of nitrogens with zero attached hydrogens (tertiary/aromatic N) is 3. The number of hydrogen-bond acceptors (Lipinski definition) is 5. The summed E-state index contributed by atoms with van der Waals surface area (Å²) in [6.07, 6.45) is 3.75. The number of hydrogen-bond donors (Lipinski definition) is 1. The van der Waals surface area contributed by atoms with Crippen LogP contribution >= 0.6 is 0 Å². The van der Waals surface area contributed by atoms with Crippen molar-refractivity contribution in [1.29, 1.82) is 0 Å². The molecular formula is C21H20N4O2. The predicted molar refractivity (Wildman–Crippen MR) is 103 cm³/mol. The fourth-order valence-corrected chi connectivity index (χ4v) is 3.23. The van der Waals surface area contributed by atoms with Crippen LogP contribution in [-0.2, 0) is 24.3 Å². The number of methoxy groups -OCH3 is 1. The van der Waals surface area contributed by atoms with E-state index in [0.717, 1.165) is 28.1 Å². The molecule has 0 bridgehead atoms. The van der Waals surface area contributed by atoms with Crippen molar-refractivity contribution in [3.05, 3.63) is 71.7 Å². The standard InChI is InChI=1S/C21H20N4O2/c1-27-17-4-2-14(3-5-17)19-7-6-18(22)20(24-19)10-21(26)25-12-15-8-9-23-11-16(15)13-25/h2-9,11H,10,12-13,22H2,1H3. The minimum Gasteiger partial charge on any atom is -0.497 e. The van der Waals surface area contributed by atoms with Gasteiger partial charge in [-0.15, -0.1) is 0 Å². The third-order valence-corrected chi connectivity index (χ3v) is 4.79. The number of aromatic nitrogens is 2. The highest BCUT2D eigenvalue weighted by atomic mass is 16.5. The molecule has 0 spiro atoms. The summed E-state index contributed by atoms with van der Waals surface area (Å²) in [5.41, 5.74) is 11.2. The van der Waals surface area contributed by atoms with Gasteiger partial charge < -0.3 is 15.4 Å². The van der Waals surface area contributed by atoms with Gasteiger partial charge in [0.25, 0.3) is 0 Å². The molecule has 27 heavy (non-hydrogen) atoms. The lowest BCUT2D eigenvalue weighted by Gasteiger charge is -2.16. The number of anilines is 1. The molecule has 3 aromatic rings. The number of carbonyl (C=O) groups excluding carboxylic acids is 1. The largest absolute Gasteiger partial charge is 0.497 e. The monoisotopic (exact) mass is 360 g/mol. The number of nitrogens with two attached hydrogens (primary N) is 1. The SMILES string of the molecule is COc1ccc(-c2ccc(N)c(CC(=O)N3Cc4ccncc4C3)n2)cc1. The van der Waals surface area contributed by atoms with Gasteiger partial charge in [-0.05, 0) is 53.6 Å². The second kappa shape index (κ2) is 7.07. The first kappa shape index (κ1) is 17.0. The van der Waals surface area contributed by atoms with Crippen LogP contribution in [0.25, 0.3) is 11.3 Å². The Labute approximate surface area is 157 Å². The lowest BCUT2D eigenvalue weighted by molar-refractivity contribution is -0.131. The van der Waals surface area contributed by atoms with Gasteiger partial charge in [-0.2, -0.15) is 0 Å². The molecule has 2 aromatic heterocycles. The van der Waals surface area contributed by atoms with Crippen molar-refractivity contribution >= 4 is 11.6 Å². The van der Waals surface area contributed by atoms with Crippen molar-refractivity contribution in [2.75, 3.05) is 12.8 Å². The van der Waals surface area contributed by atoms with Gasteiger partial charge in [-0.1, -0.05) is 0 Å². The zero-order valence-corrected chi connectivity index (χ0v) is 15.1. The van der Waals surface area contributed by atoms with E-state index in [9.17, 15) is 4.79 Å². The van der Waals surface area contributed by atoms with Crippen LogP contribution in [0.1, 0.15) is 16.8 Å². The molecular weight excluding hydrogens is 340 g/mol. The highest BCUT2D eigenvalue weighted by molar-refractivity contribution is 5.80. The maximum Gasteiger partial charge on any atom is 0.229 e. The van der Waals surface area contributed by atoms with E-state index in [0.29, 0.717) is 24.5 Å². The maximum absolute atomic E-state index is 12.8. The van der Waals surface area contributed by atoms with E-state index in [2.05, 4.69) is 9.97 Å². The van der Waals surface area contributed by atoms with E-state index >= 15 is 0 Å². The Morgan fingerprint density at radius 2 is 1.89 bits per heavy atom. The molecule has 6 nitrogen and oxygen atoms in total. The van der Waals surface area contributed by atoms with E-state index in [1.807, 2.05) is 47.5 Å². The molecule has 0 unspecified atom stereocenters. The van der Waals surface area contributed by atoms with Crippen LogP contribution in [0, 0.1) is 0 Å². The molecule has 2 N–H and O–H groups in total. The fourth-order valence-electron chi connectivity index (χ4n) is 3.23. The average molecular weight is 360 g/mol. The number of ether oxygens (including phenoxy) is 1. The third-order valence-electron chi connectivity index (χ3n) is 4.79. The minimum absolute atomic E-state index is 0.0114. The van der Waals surface area contributed by atoms with Crippen LogP contribution in [0.2, 0.25) is 0 Å². The quantitative estimate of drug-likeness (QED) is 0.774. The molecule has 0 atom stereocenters. The predicted octanol–water partition coefficient (Wildman–Crippen LogP) is 2.82. The Bertz CT molecular complexity index is 961. The maximum atomic E-state index is 12.8. The molecule has 0 aliphatic carbocycles. The van der Waals surface area contributed by atoms with Crippen molar-refractivity contribution in [2.45, 2.75) is 19.5 Å². The summed E-state index contributed by atoms with van der Waals surface area (Å²) in [5.74, 6) is 0.796. The Morgan fingerprint density at radius 1 is 1.11 bits per heavy atom. The van der Waals surface area contributed by atoms with Crippen molar-refractivity contribution < 1.29 is 9.53 Å². The zero-order chi connectivity index (χ0) is 18.8. The van der Waals surface area contributed by atoms with E-state index < -0.39 is 0 Å². The van der Waals surface area contributed by atoms with Crippen molar-refractivity contribution in [3.63, 3.8) is 0 Å². The smallest absolute Gasteiger partial charge is 0.229 e. The lowest BCUT2D eigenvalue weighted by Crippen LogP contribution is -2.27. The Morgan fingerprint density at radius 3 is 2.63 bits per heavy atom. The van der Waals surface area contributed by atoms with E-state index in [1.54, 1.807) is 19.4 Å². The van der Waals surface area contributed by atoms with Gasteiger partial charge in [0.2, 0.25) is 5.91 Å². The second-order valence-corrected chi connectivity index (χ2v) is 6.53. The molecule has 1 amide bonds. The summed E-state index contributed by atoms with van der Waals surface area (Å²) in [7, 11) is 1.63. The first-order valence-electron chi connectivity index (χ1n) is 8.73. The fraction of sp³-hybridized carbons (Fsp3) is 0.190. The van der Waals surface area contributed by atoms with Crippen molar-refractivity contribution in [2.24, 2.45) is 0 Å². The van der Waals surface area contributed by atoms with Crippen LogP contribution in [0.3, 0.4) is 0 Å². The van der Waals surface area contributed by atoms with Crippen molar-refractivity contribution in [1.82, 2.24) is 14.9 Å². The molecule has 0 fully saturated rings. The Kier molecular flexibility index (Phi) is 4.46. The molecule has 0 saturated carbocycles. The summed E-state index contributed by atoms with van der Waals surface area (Å²) in [5, 5.41) is 0. The first-order valence-corrected chi connectivity index (χ1v) is 8.73. The molecule has 1 aromatic carbocycles.